The topological polar surface area (TPSA) is 36.4 Å². The highest BCUT2D eigenvalue weighted by Gasteiger charge is 2.05. The molecule has 3 nitrogen and oxygen atoms in total. The summed E-state index contributed by atoms with van der Waals surface area (Å²) in [6, 6.07) is 7.50. The smallest absolute Gasteiger partial charge is 0.191 e. The van der Waals surface area contributed by atoms with Crippen LogP contribution in [-0.2, 0) is 13.0 Å². The van der Waals surface area contributed by atoms with Gasteiger partial charge in [0, 0.05) is 30.6 Å². The second-order valence-electron chi connectivity index (χ2n) is 4.42. The normalized spacial score (nSPS) is 11.5. The Morgan fingerprint density at radius 2 is 2.10 bits per heavy atom. The summed E-state index contributed by atoms with van der Waals surface area (Å²) in [4.78, 5) is 5.34. The zero-order chi connectivity index (χ0) is 15.1. The van der Waals surface area contributed by atoms with E-state index in [4.69, 9.17) is 0 Å². The van der Waals surface area contributed by atoms with Crippen molar-refractivity contribution < 1.29 is 8.78 Å². The second-order valence-corrected chi connectivity index (χ2v) is 5.45. The number of guanidine groups is 1. The van der Waals surface area contributed by atoms with Gasteiger partial charge in [0.2, 0.25) is 0 Å². The van der Waals surface area contributed by atoms with Crippen LogP contribution in [0, 0.1) is 11.6 Å². The summed E-state index contributed by atoms with van der Waals surface area (Å²) in [7, 11) is 1.64. The number of benzene rings is 1. The third-order valence-electron chi connectivity index (χ3n) is 2.92. The van der Waals surface area contributed by atoms with E-state index in [1.54, 1.807) is 18.4 Å². The molecule has 1 heterocycles. The highest BCUT2D eigenvalue weighted by molar-refractivity contribution is 7.09. The Morgan fingerprint density at radius 3 is 2.81 bits per heavy atom. The Labute approximate surface area is 126 Å². The van der Waals surface area contributed by atoms with Crippen LogP contribution in [-0.4, -0.2) is 19.6 Å². The molecule has 1 aromatic carbocycles. The molecule has 6 heteroatoms. The highest BCUT2D eigenvalue weighted by Crippen LogP contribution is 2.09. The largest absolute Gasteiger partial charge is 0.356 e. The summed E-state index contributed by atoms with van der Waals surface area (Å²) in [6.45, 7) is 0.911. The zero-order valence-corrected chi connectivity index (χ0v) is 12.5. The van der Waals surface area contributed by atoms with Gasteiger partial charge in [-0.15, -0.1) is 11.3 Å². The van der Waals surface area contributed by atoms with Gasteiger partial charge in [-0.1, -0.05) is 6.07 Å². The van der Waals surface area contributed by atoms with Crippen LogP contribution >= 0.6 is 11.3 Å². The molecule has 0 aliphatic heterocycles. The quantitative estimate of drug-likeness (QED) is 0.658. The van der Waals surface area contributed by atoms with E-state index in [1.165, 1.54) is 10.9 Å². The minimum Gasteiger partial charge on any atom is -0.356 e. The molecule has 0 amide bonds. The van der Waals surface area contributed by atoms with Gasteiger partial charge >= 0.3 is 0 Å². The molecule has 0 aliphatic carbocycles. The fraction of sp³-hybridized carbons (Fsp3) is 0.267. The number of halogens is 2. The lowest BCUT2D eigenvalue weighted by Gasteiger charge is -2.12. The molecule has 21 heavy (non-hydrogen) atoms. The van der Waals surface area contributed by atoms with Crippen LogP contribution < -0.4 is 10.6 Å². The molecular weight excluding hydrogens is 292 g/mol. The Hall–Kier alpha value is -1.95. The van der Waals surface area contributed by atoms with Crippen molar-refractivity contribution in [2.45, 2.75) is 13.0 Å². The van der Waals surface area contributed by atoms with Crippen LogP contribution in [0.1, 0.15) is 10.4 Å². The molecule has 0 spiro atoms. The molecule has 112 valence electrons. The third kappa shape index (κ3) is 4.82. The standard InChI is InChI=1S/C15H17F2N3S/c1-18-15(19-7-6-13-3-2-8-21-13)20-10-11-9-12(16)4-5-14(11)17/h2-5,8-9H,6-7,10H2,1H3,(H2,18,19,20). The van der Waals surface area contributed by atoms with Crippen molar-refractivity contribution in [3.8, 4) is 0 Å². The van der Waals surface area contributed by atoms with E-state index in [0.29, 0.717) is 5.96 Å². The van der Waals surface area contributed by atoms with E-state index in [0.717, 1.165) is 25.1 Å². The maximum absolute atomic E-state index is 13.5. The summed E-state index contributed by atoms with van der Waals surface area (Å²) in [6.07, 6.45) is 0.896. The van der Waals surface area contributed by atoms with Gasteiger partial charge in [0.15, 0.2) is 5.96 Å². The maximum Gasteiger partial charge on any atom is 0.191 e. The van der Waals surface area contributed by atoms with Crippen LogP contribution in [0.2, 0.25) is 0 Å². The predicted molar refractivity (Wildman–Crippen MR) is 82.6 cm³/mol. The second kappa shape index (κ2) is 7.73. The fourth-order valence-corrected chi connectivity index (χ4v) is 2.55. The van der Waals surface area contributed by atoms with Gasteiger partial charge in [0.05, 0.1) is 0 Å². The summed E-state index contributed by atoms with van der Waals surface area (Å²) < 4.78 is 26.6. The molecule has 0 saturated heterocycles. The maximum atomic E-state index is 13.5. The van der Waals surface area contributed by atoms with E-state index in [-0.39, 0.29) is 12.1 Å². The molecule has 1 aromatic heterocycles. The first kappa shape index (κ1) is 15.4. The molecule has 0 atom stereocenters. The van der Waals surface area contributed by atoms with Crippen LogP contribution in [0.5, 0.6) is 0 Å². The lowest BCUT2D eigenvalue weighted by atomic mass is 10.2. The summed E-state index contributed by atoms with van der Waals surface area (Å²) in [5.74, 6) is -0.318. The van der Waals surface area contributed by atoms with Gasteiger partial charge in [-0.25, -0.2) is 8.78 Å². The summed E-state index contributed by atoms with van der Waals surface area (Å²) >= 11 is 1.70. The molecule has 0 saturated carbocycles. The van der Waals surface area contributed by atoms with E-state index in [2.05, 4.69) is 21.7 Å². The van der Waals surface area contributed by atoms with Crippen LogP contribution in [0.25, 0.3) is 0 Å². The first-order valence-electron chi connectivity index (χ1n) is 6.60. The molecule has 0 bridgehead atoms. The SMILES string of the molecule is CN=C(NCCc1cccs1)NCc1cc(F)ccc1F. The van der Waals surface area contributed by atoms with Crippen molar-refractivity contribution in [3.63, 3.8) is 0 Å². The Bertz CT molecular complexity index is 597. The Morgan fingerprint density at radius 1 is 1.24 bits per heavy atom. The van der Waals surface area contributed by atoms with Gasteiger partial charge in [-0.3, -0.25) is 4.99 Å². The van der Waals surface area contributed by atoms with Crippen LogP contribution in [0.4, 0.5) is 8.78 Å². The Balaban J connectivity index is 1.81. The van der Waals surface area contributed by atoms with Gasteiger partial charge in [0.25, 0.3) is 0 Å². The van der Waals surface area contributed by atoms with Crippen molar-refractivity contribution in [1.82, 2.24) is 10.6 Å². The molecule has 2 rings (SSSR count). The number of hydrogen-bond donors (Lipinski definition) is 2. The first-order chi connectivity index (χ1) is 10.2. The number of rotatable bonds is 5. The average molecular weight is 309 g/mol. The van der Waals surface area contributed by atoms with Gasteiger partial charge in [-0.05, 0) is 36.1 Å². The number of nitrogens with one attached hydrogen (secondary N) is 2. The van der Waals surface area contributed by atoms with Crippen molar-refractivity contribution in [2.75, 3.05) is 13.6 Å². The monoisotopic (exact) mass is 309 g/mol. The van der Waals surface area contributed by atoms with Gasteiger partial charge in [0.1, 0.15) is 11.6 Å². The minimum atomic E-state index is -0.450. The van der Waals surface area contributed by atoms with Crippen LogP contribution in [0.15, 0.2) is 40.7 Å². The number of nitrogens with zero attached hydrogens (tertiary/aromatic N) is 1. The number of hydrogen-bond acceptors (Lipinski definition) is 2. The molecule has 0 unspecified atom stereocenters. The van der Waals surface area contributed by atoms with Crippen molar-refractivity contribution in [1.29, 1.82) is 0 Å². The van der Waals surface area contributed by atoms with Crippen molar-refractivity contribution >= 4 is 17.3 Å². The fourth-order valence-electron chi connectivity index (χ4n) is 1.84. The molecule has 0 radical (unpaired) electrons. The zero-order valence-electron chi connectivity index (χ0n) is 11.7. The van der Waals surface area contributed by atoms with E-state index < -0.39 is 11.6 Å². The lowest BCUT2D eigenvalue weighted by Crippen LogP contribution is -2.38. The number of aliphatic imine (C=N–C) groups is 1. The van der Waals surface area contributed by atoms with Gasteiger partial charge < -0.3 is 10.6 Å². The lowest BCUT2D eigenvalue weighted by molar-refractivity contribution is 0.581. The summed E-state index contributed by atoms with van der Waals surface area (Å²) in [5.41, 5.74) is 0.274. The molecule has 0 fully saturated rings. The predicted octanol–water partition coefficient (Wildman–Crippen LogP) is 2.93. The van der Waals surface area contributed by atoms with Crippen molar-refractivity contribution in [3.05, 3.63) is 57.8 Å². The van der Waals surface area contributed by atoms with E-state index in [1.807, 2.05) is 11.4 Å². The van der Waals surface area contributed by atoms with Crippen molar-refractivity contribution in [2.24, 2.45) is 4.99 Å². The van der Waals surface area contributed by atoms with E-state index >= 15 is 0 Å². The average Bonchev–Trinajstić information content (AvgIpc) is 2.99. The van der Waals surface area contributed by atoms with E-state index in [9.17, 15) is 8.78 Å². The molecule has 2 N–H and O–H groups in total. The third-order valence-corrected chi connectivity index (χ3v) is 3.86. The summed E-state index contributed by atoms with van der Waals surface area (Å²) in [5, 5.41) is 8.15. The first-order valence-corrected chi connectivity index (χ1v) is 7.48. The Kier molecular flexibility index (Phi) is 5.68. The molecule has 0 aliphatic rings. The number of thiophene rings is 1. The molecule has 2 aromatic rings. The molecular formula is C15H17F2N3S. The van der Waals surface area contributed by atoms with Crippen LogP contribution in [0.3, 0.4) is 0 Å². The van der Waals surface area contributed by atoms with Gasteiger partial charge in [-0.2, -0.15) is 0 Å². The highest BCUT2D eigenvalue weighted by atomic mass is 32.1. The minimum absolute atomic E-state index is 0.183.